The molecule has 6 heteroatoms. The van der Waals surface area contributed by atoms with Crippen molar-refractivity contribution in [1.82, 2.24) is 25.4 Å². The smallest absolute Gasteiger partial charge is 0.237 e. The highest BCUT2D eigenvalue weighted by atomic mass is 16.2. The van der Waals surface area contributed by atoms with Gasteiger partial charge in [-0.15, -0.1) is 0 Å². The highest BCUT2D eigenvalue weighted by Crippen LogP contribution is 2.33. The number of nitrogens with zero attached hydrogens (tertiary/aromatic N) is 3. The molecular weight excluding hydrogens is 254 g/mol. The summed E-state index contributed by atoms with van der Waals surface area (Å²) in [6.07, 6.45) is 8.49. The minimum absolute atomic E-state index is 0.000193. The van der Waals surface area contributed by atoms with Crippen LogP contribution in [0.25, 0.3) is 0 Å². The first kappa shape index (κ1) is 13.5. The van der Waals surface area contributed by atoms with Crippen molar-refractivity contribution in [3.05, 3.63) is 12.2 Å². The number of rotatable bonds is 4. The van der Waals surface area contributed by atoms with Gasteiger partial charge in [-0.2, -0.15) is 5.10 Å². The van der Waals surface area contributed by atoms with Gasteiger partial charge in [-0.1, -0.05) is 12.8 Å². The summed E-state index contributed by atoms with van der Waals surface area (Å²) in [6.45, 7) is 0.608. The number of hydrogen-bond donors (Lipinski definition) is 2. The SMILES string of the molecule is Cn1cnc(CCNC(=O)C2CC3CCCCC3N2)n1. The maximum atomic E-state index is 12.2. The van der Waals surface area contributed by atoms with Crippen LogP contribution in [0.4, 0.5) is 0 Å². The Hall–Kier alpha value is -1.43. The maximum Gasteiger partial charge on any atom is 0.237 e. The first-order valence-electron chi connectivity index (χ1n) is 7.60. The second-order valence-corrected chi connectivity index (χ2v) is 5.98. The van der Waals surface area contributed by atoms with Crippen LogP contribution in [-0.4, -0.2) is 39.3 Å². The Bertz CT molecular complexity index is 458. The van der Waals surface area contributed by atoms with Crippen LogP contribution in [0.2, 0.25) is 0 Å². The number of aromatic nitrogens is 3. The van der Waals surface area contributed by atoms with Crippen molar-refractivity contribution in [2.24, 2.45) is 13.0 Å². The lowest BCUT2D eigenvalue weighted by Crippen LogP contribution is -2.43. The van der Waals surface area contributed by atoms with Gasteiger partial charge in [0.25, 0.3) is 0 Å². The molecule has 0 bridgehead atoms. The molecule has 0 spiro atoms. The van der Waals surface area contributed by atoms with Crippen LogP contribution >= 0.6 is 0 Å². The van der Waals surface area contributed by atoms with E-state index in [1.54, 1.807) is 11.0 Å². The average molecular weight is 277 g/mol. The Labute approximate surface area is 119 Å². The number of carbonyl (C=O) groups is 1. The van der Waals surface area contributed by atoms with E-state index in [1.807, 2.05) is 7.05 Å². The Morgan fingerprint density at radius 1 is 1.50 bits per heavy atom. The van der Waals surface area contributed by atoms with Crippen LogP contribution in [0, 0.1) is 5.92 Å². The van der Waals surface area contributed by atoms with Crippen LogP contribution in [-0.2, 0) is 18.3 Å². The van der Waals surface area contributed by atoms with Crippen LogP contribution in [0.1, 0.15) is 37.9 Å². The standard InChI is InChI=1S/C14H23N5O/c1-19-9-16-13(18-19)6-7-15-14(20)12-8-10-4-2-3-5-11(10)17-12/h9-12,17H,2-8H2,1H3,(H,15,20). The number of aryl methyl sites for hydroxylation is 1. The Balaban J connectivity index is 1.43. The zero-order valence-corrected chi connectivity index (χ0v) is 12.0. The molecule has 1 aromatic rings. The molecule has 2 N–H and O–H groups in total. The summed E-state index contributed by atoms with van der Waals surface area (Å²) in [5.74, 6) is 1.62. The van der Waals surface area contributed by atoms with E-state index in [0.29, 0.717) is 24.9 Å². The third-order valence-electron chi connectivity index (χ3n) is 4.47. The molecule has 2 aliphatic rings. The van der Waals surface area contributed by atoms with Gasteiger partial charge in [-0.25, -0.2) is 4.98 Å². The van der Waals surface area contributed by atoms with Gasteiger partial charge < -0.3 is 10.6 Å². The van der Waals surface area contributed by atoms with E-state index >= 15 is 0 Å². The summed E-state index contributed by atoms with van der Waals surface area (Å²) in [5, 5.41) is 10.7. The van der Waals surface area contributed by atoms with Gasteiger partial charge in [0, 0.05) is 26.1 Å². The molecule has 1 aromatic heterocycles. The molecule has 0 radical (unpaired) electrons. The number of nitrogens with one attached hydrogen (secondary N) is 2. The van der Waals surface area contributed by atoms with Crippen LogP contribution in [0.3, 0.4) is 0 Å². The minimum atomic E-state index is -0.000193. The molecule has 3 atom stereocenters. The van der Waals surface area contributed by atoms with Crippen molar-refractivity contribution < 1.29 is 4.79 Å². The van der Waals surface area contributed by atoms with E-state index in [9.17, 15) is 4.79 Å². The minimum Gasteiger partial charge on any atom is -0.354 e. The largest absolute Gasteiger partial charge is 0.354 e. The Morgan fingerprint density at radius 3 is 3.10 bits per heavy atom. The first-order chi connectivity index (χ1) is 9.72. The fraction of sp³-hybridized carbons (Fsp3) is 0.786. The molecule has 2 heterocycles. The molecule has 1 saturated carbocycles. The molecule has 110 valence electrons. The number of hydrogen-bond acceptors (Lipinski definition) is 4. The zero-order valence-electron chi connectivity index (χ0n) is 12.0. The quantitative estimate of drug-likeness (QED) is 0.835. The highest BCUT2D eigenvalue weighted by Gasteiger charge is 2.37. The number of fused-ring (bicyclic) bond motifs is 1. The lowest BCUT2D eigenvalue weighted by atomic mass is 9.85. The van der Waals surface area contributed by atoms with Gasteiger partial charge >= 0.3 is 0 Å². The molecule has 1 saturated heterocycles. The van der Waals surface area contributed by atoms with Crippen LogP contribution < -0.4 is 10.6 Å². The van der Waals surface area contributed by atoms with Gasteiger partial charge in [-0.05, 0) is 25.2 Å². The van der Waals surface area contributed by atoms with E-state index in [-0.39, 0.29) is 11.9 Å². The molecule has 6 nitrogen and oxygen atoms in total. The summed E-state index contributed by atoms with van der Waals surface area (Å²) < 4.78 is 1.68. The van der Waals surface area contributed by atoms with Crippen molar-refractivity contribution in [1.29, 1.82) is 0 Å². The van der Waals surface area contributed by atoms with Gasteiger partial charge in [-0.3, -0.25) is 9.48 Å². The van der Waals surface area contributed by atoms with Gasteiger partial charge in [0.1, 0.15) is 6.33 Å². The molecular formula is C14H23N5O. The molecule has 3 unspecified atom stereocenters. The summed E-state index contributed by atoms with van der Waals surface area (Å²) in [5.41, 5.74) is 0. The molecule has 2 fully saturated rings. The fourth-order valence-electron chi connectivity index (χ4n) is 3.44. The number of carbonyl (C=O) groups excluding carboxylic acids is 1. The summed E-state index contributed by atoms with van der Waals surface area (Å²) in [4.78, 5) is 16.3. The molecule has 3 rings (SSSR count). The zero-order chi connectivity index (χ0) is 13.9. The van der Waals surface area contributed by atoms with E-state index in [0.717, 1.165) is 12.2 Å². The lowest BCUT2D eigenvalue weighted by Gasteiger charge is -2.24. The Kier molecular flexibility index (Phi) is 4.00. The Morgan fingerprint density at radius 2 is 2.35 bits per heavy atom. The predicted molar refractivity (Wildman–Crippen MR) is 75.0 cm³/mol. The van der Waals surface area contributed by atoms with E-state index in [1.165, 1.54) is 25.7 Å². The average Bonchev–Trinajstić information content (AvgIpc) is 3.04. The second-order valence-electron chi connectivity index (χ2n) is 5.98. The molecule has 1 aliphatic heterocycles. The fourth-order valence-corrected chi connectivity index (χ4v) is 3.44. The van der Waals surface area contributed by atoms with Gasteiger partial charge in [0.15, 0.2) is 5.82 Å². The van der Waals surface area contributed by atoms with E-state index in [4.69, 9.17) is 0 Å². The van der Waals surface area contributed by atoms with Crippen molar-refractivity contribution in [3.63, 3.8) is 0 Å². The monoisotopic (exact) mass is 277 g/mol. The molecule has 0 aromatic carbocycles. The van der Waals surface area contributed by atoms with Crippen molar-refractivity contribution in [2.75, 3.05) is 6.54 Å². The maximum absolute atomic E-state index is 12.2. The van der Waals surface area contributed by atoms with Crippen molar-refractivity contribution in [3.8, 4) is 0 Å². The van der Waals surface area contributed by atoms with E-state index in [2.05, 4.69) is 20.7 Å². The number of amides is 1. The third-order valence-corrected chi connectivity index (χ3v) is 4.47. The van der Waals surface area contributed by atoms with Crippen molar-refractivity contribution >= 4 is 5.91 Å². The normalized spacial score (nSPS) is 29.1. The van der Waals surface area contributed by atoms with Crippen LogP contribution in [0.15, 0.2) is 6.33 Å². The highest BCUT2D eigenvalue weighted by molar-refractivity contribution is 5.82. The summed E-state index contributed by atoms with van der Waals surface area (Å²) >= 11 is 0. The lowest BCUT2D eigenvalue weighted by molar-refractivity contribution is -0.122. The second kappa shape index (κ2) is 5.91. The third kappa shape index (κ3) is 3.00. The molecule has 1 amide bonds. The topological polar surface area (TPSA) is 71.8 Å². The summed E-state index contributed by atoms with van der Waals surface area (Å²) in [7, 11) is 1.85. The van der Waals surface area contributed by atoms with Crippen molar-refractivity contribution in [2.45, 2.75) is 50.6 Å². The molecule has 20 heavy (non-hydrogen) atoms. The van der Waals surface area contributed by atoms with E-state index < -0.39 is 0 Å². The van der Waals surface area contributed by atoms with Crippen LogP contribution in [0.5, 0.6) is 0 Å². The predicted octanol–water partition coefficient (Wildman–Crippen LogP) is 0.394. The van der Waals surface area contributed by atoms with Gasteiger partial charge in [0.2, 0.25) is 5.91 Å². The molecule has 1 aliphatic carbocycles. The van der Waals surface area contributed by atoms with Gasteiger partial charge in [0.05, 0.1) is 6.04 Å². The first-order valence-corrected chi connectivity index (χ1v) is 7.60. The summed E-state index contributed by atoms with van der Waals surface area (Å²) in [6, 6.07) is 0.566.